The summed E-state index contributed by atoms with van der Waals surface area (Å²) >= 11 is 1.01. The molecule has 150 valence electrons. The summed E-state index contributed by atoms with van der Waals surface area (Å²) in [5.41, 5.74) is 1.82. The van der Waals surface area contributed by atoms with Gasteiger partial charge < -0.3 is 14.8 Å². The second kappa shape index (κ2) is 9.74. The van der Waals surface area contributed by atoms with Crippen molar-refractivity contribution < 1.29 is 23.5 Å². The predicted molar refractivity (Wildman–Crippen MR) is 105 cm³/mol. The van der Waals surface area contributed by atoms with Crippen molar-refractivity contribution in [2.45, 2.75) is 20.0 Å². The number of aryl methyl sites for hydroxylation is 1. The molecule has 3 rings (SSSR count). The molecule has 29 heavy (non-hydrogen) atoms. The maximum atomic E-state index is 13.4. The lowest BCUT2D eigenvalue weighted by Crippen LogP contribution is -2.15. The van der Waals surface area contributed by atoms with Crippen LogP contribution in [-0.4, -0.2) is 28.7 Å². The summed E-state index contributed by atoms with van der Waals surface area (Å²) in [6, 6.07) is 13.3. The third-order valence-corrected chi connectivity index (χ3v) is 4.72. The highest BCUT2D eigenvalue weighted by Gasteiger charge is 2.15. The zero-order valence-corrected chi connectivity index (χ0v) is 16.4. The quantitative estimate of drug-likeness (QED) is 0.565. The summed E-state index contributed by atoms with van der Waals surface area (Å²) in [7, 11) is 0. The summed E-state index contributed by atoms with van der Waals surface area (Å²) in [6.07, 6.45) is 0.915. The van der Waals surface area contributed by atoms with Gasteiger partial charge in [-0.05, 0) is 36.2 Å². The van der Waals surface area contributed by atoms with Crippen LogP contribution in [0.1, 0.15) is 27.3 Å². The molecule has 3 aromatic rings. The van der Waals surface area contributed by atoms with E-state index in [1.807, 2.05) is 24.3 Å². The molecule has 0 unspecified atom stereocenters. The monoisotopic (exact) mass is 415 g/mol. The van der Waals surface area contributed by atoms with E-state index < -0.39 is 24.3 Å². The van der Waals surface area contributed by atoms with Crippen LogP contribution in [0.15, 0.2) is 48.5 Å². The molecule has 1 heterocycles. The highest BCUT2D eigenvalue weighted by Crippen LogP contribution is 2.17. The first-order valence-corrected chi connectivity index (χ1v) is 9.62. The molecule has 0 atom stereocenters. The van der Waals surface area contributed by atoms with Crippen LogP contribution in [0.2, 0.25) is 0 Å². The SMILES string of the molecule is CCc1ccc(NC(=O)c2nnc(COC(=O)COc3ccccc3F)s2)cc1. The summed E-state index contributed by atoms with van der Waals surface area (Å²) in [5.74, 6) is -1.69. The first-order chi connectivity index (χ1) is 14.0. The van der Waals surface area contributed by atoms with E-state index in [0.29, 0.717) is 10.7 Å². The van der Waals surface area contributed by atoms with Crippen LogP contribution >= 0.6 is 11.3 Å². The smallest absolute Gasteiger partial charge is 0.344 e. The Bertz CT molecular complexity index is 991. The van der Waals surface area contributed by atoms with Crippen LogP contribution < -0.4 is 10.1 Å². The molecule has 9 heteroatoms. The van der Waals surface area contributed by atoms with Crippen molar-refractivity contribution in [1.82, 2.24) is 10.2 Å². The number of ether oxygens (including phenoxy) is 2. The van der Waals surface area contributed by atoms with E-state index >= 15 is 0 Å². The molecule has 0 saturated heterocycles. The highest BCUT2D eigenvalue weighted by molar-refractivity contribution is 7.13. The van der Waals surface area contributed by atoms with E-state index in [2.05, 4.69) is 22.4 Å². The van der Waals surface area contributed by atoms with Crippen molar-refractivity contribution in [2.24, 2.45) is 0 Å². The number of nitrogens with zero attached hydrogens (tertiary/aromatic N) is 2. The Morgan fingerprint density at radius 3 is 2.59 bits per heavy atom. The fourth-order valence-electron chi connectivity index (χ4n) is 2.29. The van der Waals surface area contributed by atoms with Crippen LogP contribution in [0.5, 0.6) is 5.75 Å². The first-order valence-electron chi connectivity index (χ1n) is 8.80. The second-order valence-corrected chi connectivity index (χ2v) is 6.95. The van der Waals surface area contributed by atoms with Gasteiger partial charge in [0.15, 0.2) is 23.2 Å². The molecule has 0 fully saturated rings. The molecule has 0 aliphatic carbocycles. The number of hydrogen-bond donors (Lipinski definition) is 1. The largest absolute Gasteiger partial charge is 0.479 e. The molecule has 1 amide bonds. The number of anilines is 1. The molecule has 0 spiro atoms. The minimum atomic E-state index is -0.689. The third-order valence-electron chi connectivity index (χ3n) is 3.82. The zero-order valence-electron chi connectivity index (χ0n) is 15.6. The van der Waals surface area contributed by atoms with Gasteiger partial charge in [-0.2, -0.15) is 0 Å². The summed E-state index contributed by atoms with van der Waals surface area (Å²) in [5, 5.41) is 10.9. The Morgan fingerprint density at radius 1 is 1.10 bits per heavy atom. The van der Waals surface area contributed by atoms with Gasteiger partial charge in [-0.1, -0.05) is 42.5 Å². The van der Waals surface area contributed by atoms with Crippen LogP contribution in [0.3, 0.4) is 0 Å². The van der Waals surface area contributed by atoms with Gasteiger partial charge in [0.1, 0.15) is 6.61 Å². The molecule has 1 N–H and O–H groups in total. The summed E-state index contributed by atoms with van der Waals surface area (Å²) in [4.78, 5) is 24.0. The normalized spacial score (nSPS) is 10.4. The number of carbonyl (C=O) groups is 2. The van der Waals surface area contributed by atoms with Crippen molar-refractivity contribution >= 4 is 28.9 Å². The number of amides is 1. The standard InChI is InChI=1S/C20H18FN3O4S/c1-2-13-7-9-14(10-8-13)22-19(26)20-24-23-17(29-20)11-28-18(25)12-27-16-6-4-3-5-15(16)21/h3-10H,2,11-12H2,1H3,(H,22,26). The molecular weight excluding hydrogens is 397 g/mol. The van der Waals surface area contributed by atoms with Crippen LogP contribution in [-0.2, 0) is 22.6 Å². The average Bonchev–Trinajstić information content (AvgIpc) is 3.21. The number of para-hydroxylation sites is 1. The molecule has 0 aliphatic rings. The topological polar surface area (TPSA) is 90.4 Å². The van der Waals surface area contributed by atoms with Gasteiger partial charge in [-0.15, -0.1) is 10.2 Å². The molecule has 2 aromatic carbocycles. The number of hydrogen-bond acceptors (Lipinski definition) is 7. The molecule has 0 bridgehead atoms. The number of carbonyl (C=O) groups excluding carboxylic acids is 2. The number of rotatable bonds is 8. The number of benzene rings is 2. The Kier molecular flexibility index (Phi) is 6.85. The number of esters is 1. The Hall–Kier alpha value is -3.33. The predicted octanol–water partition coefficient (Wildman–Crippen LogP) is 3.61. The van der Waals surface area contributed by atoms with Crippen LogP contribution in [0.4, 0.5) is 10.1 Å². The van der Waals surface area contributed by atoms with Gasteiger partial charge in [-0.3, -0.25) is 4.79 Å². The average molecular weight is 415 g/mol. The number of aromatic nitrogens is 2. The van der Waals surface area contributed by atoms with E-state index in [-0.39, 0.29) is 17.4 Å². The lowest BCUT2D eigenvalue weighted by atomic mass is 10.1. The zero-order chi connectivity index (χ0) is 20.6. The van der Waals surface area contributed by atoms with Gasteiger partial charge in [0.05, 0.1) is 0 Å². The molecule has 0 aliphatic heterocycles. The van der Waals surface area contributed by atoms with E-state index in [1.165, 1.54) is 23.8 Å². The van der Waals surface area contributed by atoms with Crippen LogP contribution in [0.25, 0.3) is 0 Å². The van der Waals surface area contributed by atoms with Gasteiger partial charge in [-0.25, -0.2) is 9.18 Å². The molecule has 1 aromatic heterocycles. The minimum absolute atomic E-state index is 0.0358. The Balaban J connectivity index is 1.47. The second-order valence-electron chi connectivity index (χ2n) is 5.89. The lowest BCUT2D eigenvalue weighted by molar-refractivity contribution is -0.147. The van der Waals surface area contributed by atoms with Crippen LogP contribution in [0, 0.1) is 5.82 Å². The van der Waals surface area contributed by atoms with Crippen molar-refractivity contribution in [3.63, 3.8) is 0 Å². The van der Waals surface area contributed by atoms with Crippen molar-refractivity contribution in [3.05, 3.63) is 69.9 Å². The number of halogens is 1. The molecule has 0 saturated carbocycles. The van der Waals surface area contributed by atoms with E-state index in [0.717, 1.165) is 17.8 Å². The fourth-order valence-corrected chi connectivity index (χ4v) is 2.94. The first kappa shape index (κ1) is 20.4. The highest BCUT2D eigenvalue weighted by atomic mass is 32.1. The lowest BCUT2D eigenvalue weighted by Gasteiger charge is -2.06. The van der Waals surface area contributed by atoms with E-state index in [9.17, 15) is 14.0 Å². The third kappa shape index (κ3) is 5.82. The fraction of sp³-hybridized carbons (Fsp3) is 0.200. The van der Waals surface area contributed by atoms with E-state index in [4.69, 9.17) is 9.47 Å². The minimum Gasteiger partial charge on any atom is -0.479 e. The molecule has 7 nitrogen and oxygen atoms in total. The van der Waals surface area contributed by atoms with Crippen molar-refractivity contribution in [3.8, 4) is 5.75 Å². The maximum Gasteiger partial charge on any atom is 0.344 e. The maximum absolute atomic E-state index is 13.4. The molecule has 0 radical (unpaired) electrons. The molecular formula is C20H18FN3O4S. The van der Waals surface area contributed by atoms with E-state index in [1.54, 1.807) is 6.07 Å². The van der Waals surface area contributed by atoms with Crippen molar-refractivity contribution in [2.75, 3.05) is 11.9 Å². The number of nitrogens with one attached hydrogen (secondary N) is 1. The Morgan fingerprint density at radius 2 is 1.86 bits per heavy atom. The summed E-state index contributed by atoms with van der Waals surface area (Å²) in [6.45, 7) is 1.45. The van der Waals surface area contributed by atoms with Crippen molar-refractivity contribution in [1.29, 1.82) is 0 Å². The van der Waals surface area contributed by atoms with Gasteiger partial charge in [0.25, 0.3) is 5.91 Å². The van der Waals surface area contributed by atoms with Gasteiger partial charge >= 0.3 is 5.97 Å². The van der Waals surface area contributed by atoms with Gasteiger partial charge in [0.2, 0.25) is 5.01 Å². The van der Waals surface area contributed by atoms with Gasteiger partial charge in [0, 0.05) is 5.69 Å². The summed E-state index contributed by atoms with van der Waals surface area (Å²) < 4.78 is 23.5. The Labute approximate surface area is 170 Å².